The van der Waals surface area contributed by atoms with Crippen molar-refractivity contribution in [3.05, 3.63) is 47.9 Å². The highest BCUT2D eigenvalue weighted by Crippen LogP contribution is 2.47. The Morgan fingerprint density at radius 2 is 2.07 bits per heavy atom. The number of amides is 2. The average Bonchev–Trinajstić information content (AvgIpc) is 3.58. The molecule has 0 bridgehead atoms. The molecule has 2 aliphatic carbocycles. The predicted octanol–water partition coefficient (Wildman–Crippen LogP) is 3.45. The van der Waals surface area contributed by atoms with Crippen molar-refractivity contribution in [3.8, 4) is 0 Å². The first-order valence-corrected chi connectivity index (χ1v) is 10.7. The second-order valence-corrected chi connectivity index (χ2v) is 8.62. The van der Waals surface area contributed by atoms with Gasteiger partial charge >= 0.3 is 0 Å². The van der Waals surface area contributed by atoms with Crippen LogP contribution in [-0.2, 0) is 4.79 Å². The summed E-state index contributed by atoms with van der Waals surface area (Å²) in [5.74, 6) is 0.777. The second kappa shape index (κ2) is 7.25. The van der Waals surface area contributed by atoms with Crippen molar-refractivity contribution in [2.24, 2.45) is 11.3 Å². The van der Waals surface area contributed by atoms with E-state index in [1.807, 2.05) is 17.0 Å². The molecule has 2 heterocycles. The fourth-order valence-corrected chi connectivity index (χ4v) is 4.84. The molecule has 5 rings (SSSR count). The number of nitrogens with one attached hydrogen (secondary N) is 1. The average molecular weight is 390 g/mol. The van der Waals surface area contributed by atoms with Crippen LogP contribution in [0.4, 0.5) is 0 Å². The van der Waals surface area contributed by atoms with Crippen LogP contribution in [-0.4, -0.2) is 39.8 Å². The molecule has 2 amide bonds. The topological polar surface area (TPSA) is 75.2 Å². The van der Waals surface area contributed by atoms with E-state index in [0.29, 0.717) is 30.0 Å². The zero-order valence-electron chi connectivity index (χ0n) is 16.6. The summed E-state index contributed by atoms with van der Waals surface area (Å²) in [6, 6.07) is 5.50. The number of allylic oxidation sites excluding steroid dienone is 1. The van der Waals surface area contributed by atoms with Gasteiger partial charge in [0.15, 0.2) is 0 Å². The normalized spacial score (nSPS) is 24.2. The Labute approximate surface area is 170 Å². The molecule has 1 aromatic carbocycles. The molecule has 1 aromatic heterocycles. The van der Waals surface area contributed by atoms with Gasteiger partial charge in [-0.05, 0) is 56.6 Å². The van der Waals surface area contributed by atoms with Crippen molar-refractivity contribution in [3.63, 3.8) is 0 Å². The maximum Gasteiger partial charge on any atom is 0.253 e. The SMILES string of the molecule is O=C(NCC12CCCC=C1N(CC1CC1)C(=O)CC2)c1cccc2nccnc12. The molecule has 150 valence electrons. The van der Waals surface area contributed by atoms with Crippen LogP contribution < -0.4 is 5.32 Å². The van der Waals surface area contributed by atoms with Gasteiger partial charge < -0.3 is 10.2 Å². The molecule has 29 heavy (non-hydrogen) atoms. The van der Waals surface area contributed by atoms with Gasteiger partial charge in [-0.1, -0.05) is 12.1 Å². The lowest BCUT2D eigenvalue weighted by molar-refractivity contribution is -0.134. The minimum Gasteiger partial charge on any atom is -0.351 e. The molecule has 1 unspecified atom stereocenters. The number of fused-ring (bicyclic) bond motifs is 2. The van der Waals surface area contributed by atoms with E-state index in [1.165, 1.54) is 12.8 Å². The molecule has 3 aliphatic rings. The number of rotatable bonds is 5. The minimum absolute atomic E-state index is 0.124. The van der Waals surface area contributed by atoms with E-state index in [0.717, 1.165) is 43.4 Å². The predicted molar refractivity (Wildman–Crippen MR) is 110 cm³/mol. The van der Waals surface area contributed by atoms with Crippen molar-refractivity contribution in [1.29, 1.82) is 0 Å². The summed E-state index contributed by atoms with van der Waals surface area (Å²) >= 11 is 0. The number of nitrogens with zero attached hydrogens (tertiary/aromatic N) is 3. The summed E-state index contributed by atoms with van der Waals surface area (Å²) in [6.07, 6.45) is 12.5. The molecule has 0 spiro atoms. The third-order valence-corrected chi connectivity index (χ3v) is 6.62. The molecule has 1 saturated heterocycles. The number of likely N-dealkylation sites (tertiary alicyclic amines) is 1. The second-order valence-electron chi connectivity index (χ2n) is 8.62. The van der Waals surface area contributed by atoms with Crippen molar-refractivity contribution >= 4 is 22.8 Å². The first-order valence-electron chi connectivity index (χ1n) is 10.7. The number of carbonyl (C=O) groups excluding carboxylic acids is 2. The lowest BCUT2D eigenvalue weighted by Gasteiger charge is -2.47. The summed E-state index contributed by atoms with van der Waals surface area (Å²) in [6.45, 7) is 1.40. The van der Waals surface area contributed by atoms with E-state index in [4.69, 9.17) is 0 Å². The summed E-state index contributed by atoms with van der Waals surface area (Å²) in [4.78, 5) is 36.4. The van der Waals surface area contributed by atoms with Gasteiger partial charge in [0.05, 0.1) is 11.1 Å². The van der Waals surface area contributed by atoms with Crippen molar-refractivity contribution < 1.29 is 9.59 Å². The first-order chi connectivity index (χ1) is 14.2. The molecular weight excluding hydrogens is 364 g/mol. The number of hydrogen-bond acceptors (Lipinski definition) is 4. The number of piperidine rings is 1. The molecule has 1 saturated carbocycles. The molecule has 2 aromatic rings. The number of para-hydroxylation sites is 1. The number of carbonyl (C=O) groups is 2. The van der Waals surface area contributed by atoms with Crippen molar-refractivity contribution in [1.82, 2.24) is 20.2 Å². The Morgan fingerprint density at radius 3 is 2.93 bits per heavy atom. The Bertz CT molecular complexity index is 992. The van der Waals surface area contributed by atoms with Gasteiger partial charge in [-0.15, -0.1) is 0 Å². The van der Waals surface area contributed by atoms with Crippen LogP contribution in [0.15, 0.2) is 42.4 Å². The summed E-state index contributed by atoms with van der Waals surface area (Å²) < 4.78 is 0. The summed E-state index contributed by atoms with van der Waals surface area (Å²) in [5, 5.41) is 3.17. The van der Waals surface area contributed by atoms with Gasteiger partial charge in [0, 0.05) is 43.0 Å². The van der Waals surface area contributed by atoms with Gasteiger partial charge in [-0.3, -0.25) is 19.6 Å². The zero-order valence-corrected chi connectivity index (χ0v) is 16.6. The molecule has 6 nitrogen and oxygen atoms in total. The van der Waals surface area contributed by atoms with Crippen LogP contribution in [0.1, 0.15) is 55.3 Å². The van der Waals surface area contributed by atoms with E-state index < -0.39 is 0 Å². The van der Waals surface area contributed by atoms with Gasteiger partial charge in [0.25, 0.3) is 5.91 Å². The number of hydrogen-bond donors (Lipinski definition) is 1. The zero-order chi connectivity index (χ0) is 19.8. The number of benzene rings is 1. The molecule has 0 radical (unpaired) electrons. The van der Waals surface area contributed by atoms with Crippen LogP contribution in [0.2, 0.25) is 0 Å². The first kappa shape index (κ1) is 18.3. The minimum atomic E-state index is -0.132. The van der Waals surface area contributed by atoms with Crippen molar-refractivity contribution in [2.45, 2.75) is 44.9 Å². The molecule has 1 N–H and O–H groups in total. The van der Waals surface area contributed by atoms with Gasteiger partial charge in [0.1, 0.15) is 5.52 Å². The Hall–Kier alpha value is -2.76. The largest absolute Gasteiger partial charge is 0.351 e. The quantitative estimate of drug-likeness (QED) is 0.849. The highest BCUT2D eigenvalue weighted by atomic mass is 16.2. The standard InChI is InChI=1S/C23H26N4O2/c28-20-9-11-23(10-2-1-6-19(23)27(20)14-16-7-8-16)15-26-22(29)17-4-3-5-18-21(17)25-13-12-24-18/h3-6,12-13,16H,1-2,7-11,14-15H2,(H,26,29). The molecule has 6 heteroatoms. The summed E-state index contributed by atoms with van der Waals surface area (Å²) in [5.41, 5.74) is 2.92. The Balaban J connectivity index is 1.38. The fourth-order valence-electron chi connectivity index (χ4n) is 4.84. The molecule has 1 aliphatic heterocycles. The lowest BCUT2D eigenvalue weighted by atomic mass is 9.69. The third-order valence-electron chi connectivity index (χ3n) is 6.62. The molecular formula is C23H26N4O2. The summed E-state index contributed by atoms with van der Waals surface area (Å²) in [7, 11) is 0. The maximum atomic E-state index is 13.0. The van der Waals surface area contributed by atoms with E-state index in [-0.39, 0.29) is 17.2 Å². The van der Waals surface area contributed by atoms with Crippen LogP contribution in [0.5, 0.6) is 0 Å². The van der Waals surface area contributed by atoms with Crippen LogP contribution in [0, 0.1) is 11.3 Å². The smallest absolute Gasteiger partial charge is 0.253 e. The van der Waals surface area contributed by atoms with E-state index in [9.17, 15) is 9.59 Å². The number of aromatic nitrogens is 2. The highest BCUT2D eigenvalue weighted by molar-refractivity contribution is 6.04. The van der Waals surface area contributed by atoms with Crippen LogP contribution >= 0.6 is 0 Å². The Morgan fingerprint density at radius 1 is 1.21 bits per heavy atom. The van der Waals surface area contributed by atoms with E-state index in [2.05, 4.69) is 21.4 Å². The fraction of sp³-hybridized carbons (Fsp3) is 0.478. The van der Waals surface area contributed by atoms with Crippen molar-refractivity contribution in [2.75, 3.05) is 13.1 Å². The van der Waals surface area contributed by atoms with Gasteiger partial charge in [-0.2, -0.15) is 0 Å². The van der Waals surface area contributed by atoms with Crippen LogP contribution in [0.3, 0.4) is 0 Å². The Kier molecular flexibility index (Phi) is 4.57. The third kappa shape index (κ3) is 3.41. The lowest BCUT2D eigenvalue weighted by Crippen LogP contribution is -2.51. The van der Waals surface area contributed by atoms with E-state index in [1.54, 1.807) is 18.5 Å². The highest BCUT2D eigenvalue weighted by Gasteiger charge is 2.45. The molecule has 1 atom stereocenters. The van der Waals surface area contributed by atoms with Crippen LogP contribution in [0.25, 0.3) is 11.0 Å². The monoisotopic (exact) mass is 390 g/mol. The molecule has 2 fully saturated rings. The van der Waals surface area contributed by atoms with Gasteiger partial charge in [-0.25, -0.2) is 0 Å². The van der Waals surface area contributed by atoms with E-state index >= 15 is 0 Å². The maximum absolute atomic E-state index is 13.0. The van der Waals surface area contributed by atoms with Gasteiger partial charge in [0.2, 0.25) is 5.91 Å².